The van der Waals surface area contributed by atoms with Crippen LogP contribution in [0.3, 0.4) is 0 Å². The predicted octanol–water partition coefficient (Wildman–Crippen LogP) is 4.74. The molecule has 0 N–H and O–H groups in total. The van der Waals surface area contributed by atoms with Crippen molar-refractivity contribution in [1.82, 2.24) is 0 Å². The van der Waals surface area contributed by atoms with Crippen molar-refractivity contribution >= 4 is 32.5 Å². The summed E-state index contributed by atoms with van der Waals surface area (Å²) in [6.45, 7) is 2.27. The van der Waals surface area contributed by atoms with Crippen molar-refractivity contribution in [2.24, 2.45) is 0 Å². The molecule has 0 saturated heterocycles. The van der Waals surface area contributed by atoms with Crippen molar-refractivity contribution in [3.8, 4) is 5.75 Å². The van der Waals surface area contributed by atoms with Gasteiger partial charge in [-0.3, -0.25) is 0 Å². The fraction of sp³-hybridized carbons (Fsp3) is 0.312. The first kappa shape index (κ1) is 14.1. The molecule has 3 heteroatoms. The maximum Gasteiger partial charge on any atom is 0.134 e. The zero-order chi connectivity index (χ0) is 13.7. The first-order valence-corrected chi connectivity index (χ1v) is 7.27. The van der Waals surface area contributed by atoms with E-state index in [1.165, 1.54) is 5.39 Å². The number of Topliss-reactive ketones (excluding diaryl/α,β-unsaturated/α-hetero) is 1. The van der Waals surface area contributed by atoms with Crippen LogP contribution in [0, 0.1) is 0 Å². The van der Waals surface area contributed by atoms with E-state index in [1.807, 2.05) is 18.2 Å². The lowest BCUT2D eigenvalue weighted by molar-refractivity contribution is -0.117. The zero-order valence-corrected chi connectivity index (χ0v) is 12.6. The molecule has 2 aromatic carbocycles. The number of benzene rings is 2. The summed E-state index contributed by atoms with van der Waals surface area (Å²) in [5.41, 5.74) is 0. The zero-order valence-electron chi connectivity index (χ0n) is 11.0. The van der Waals surface area contributed by atoms with Gasteiger partial charge in [0.15, 0.2) is 0 Å². The number of hydrogen-bond acceptors (Lipinski definition) is 2. The minimum absolute atomic E-state index is 0.242. The Balaban J connectivity index is 1.97. The van der Waals surface area contributed by atoms with Gasteiger partial charge >= 0.3 is 0 Å². The topological polar surface area (TPSA) is 26.3 Å². The first-order chi connectivity index (χ1) is 9.18. The molecule has 0 spiro atoms. The molecule has 2 nitrogen and oxygen atoms in total. The second kappa shape index (κ2) is 6.71. The molecular formula is C16H17BrO2. The third-order valence-electron chi connectivity index (χ3n) is 3.01. The van der Waals surface area contributed by atoms with E-state index in [0.29, 0.717) is 13.0 Å². The van der Waals surface area contributed by atoms with Crippen LogP contribution < -0.4 is 4.74 Å². The SMILES string of the molecule is CC(=O)CCCCOc1ccc2ccccc2c1Br. The fourth-order valence-corrected chi connectivity index (χ4v) is 2.59. The van der Waals surface area contributed by atoms with E-state index in [9.17, 15) is 4.79 Å². The fourth-order valence-electron chi connectivity index (χ4n) is 1.98. The Kier molecular flexibility index (Phi) is 4.97. The van der Waals surface area contributed by atoms with Gasteiger partial charge in [-0.15, -0.1) is 0 Å². The van der Waals surface area contributed by atoms with E-state index in [4.69, 9.17) is 4.74 Å². The van der Waals surface area contributed by atoms with Gasteiger partial charge in [0.05, 0.1) is 11.1 Å². The van der Waals surface area contributed by atoms with Crippen LogP contribution in [0.4, 0.5) is 0 Å². The van der Waals surface area contributed by atoms with Crippen molar-refractivity contribution in [1.29, 1.82) is 0 Å². The van der Waals surface area contributed by atoms with Crippen LogP contribution in [-0.4, -0.2) is 12.4 Å². The van der Waals surface area contributed by atoms with Crippen LogP contribution in [-0.2, 0) is 4.79 Å². The lowest BCUT2D eigenvalue weighted by Crippen LogP contribution is -1.99. The third-order valence-corrected chi connectivity index (χ3v) is 3.83. The Morgan fingerprint density at radius 1 is 1.16 bits per heavy atom. The molecule has 0 radical (unpaired) electrons. The number of ketones is 1. The predicted molar refractivity (Wildman–Crippen MR) is 81.7 cm³/mol. The van der Waals surface area contributed by atoms with E-state index >= 15 is 0 Å². The van der Waals surface area contributed by atoms with Crippen LogP contribution in [0.1, 0.15) is 26.2 Å². The molecule has 0 bridgehead atoms. The highest BCUT2D eigenvalue weighted by molar-refractivity contribution is 9.10. The molecule has 0 unspecified atom stereocenters. The largest absolute Gasteiger partial charge is 0.492 e. The molecule has 0 aliphatic rings. The van der Waals surface area contributed by atoms with Gasteiger partial charge in [0.1, 0.15) is 11.5 Å². The first-order valence-electron chi connectivity index (χ1n) is 6.48. The van der Waals surface area contributed by atoms with Crippen LogP contribution in [0.2, 0.25) is 0 Å². The highest BCUT2D eigenvalue weighted by Gasteiger charge is 2.05. The maximum atomic E-state index is 10.8. The van der Waals surface area contributed by atoms with Gasteiger partial charge in [-0.05, 0) is 52.5 Å². The number of ether oxygens (including phenoxy) is 1. The molecule has 0 atom stereocenters. The van der Waals surface area contributed by atoms with Crippen LogP contribution in [0.5, 0.6) is 5.75 Å². The Morgan fingerprint density at radius 2 is 1.95 bits per heavy atom. The van der Waals surface area contributed by atoms with Gasteiger partial charge in [-0.1, -0.05) is 30.3 Å². The Morgan fingerprint density at radius 3 is 2.74 bits per heavy atom. The van der Waals surface area contributed by atoms with Crippen molar-refractivity contribution in [2.75, 3.05) is 6.61 Å². The number of carbonyl (C=O) groups excluding carboxylic acids is 1. The average molecular weight is 321 g/mol. The van der Waals surface area contributed by atoms with Crippen molar-refractivity contribution < 1.29 is 9.53 Å². The summed E-state index contributed by atoms with van der Waals surface area (Å²) in [6, 6.07) is 12.2. The summed E-state index contributed by atoms with van der Waals surface area (Å²) >= 11 is 3.60. The molecule has 0 saturated carbocycles. The van der Waals surface area contributed by atoms with E-state index < -0.39 is 0 Å². The number of hydrogen-bond donors (Lipinski definition) is 0. The molecule has 0 fully saturated rings. The van der Waals surface area contributed by atoms with Crippen molar-refractivity contribution in [3.05, 3.63) is 40.9 Å². The van der Waals surface area contributed by atoms with E-state index in [2.05, 4.69) is 34.1 Å². The lowest BCUT2D eigenvalue weighted by Gasteiger charge is -2.10. The van der Waals surface area contributed by atoms with E-state index in [1.54, 1.807) is 6.92 Å². The Hall–Kier alpha value is -1.35. The van der Waals surface area contributed by atoms with E-state index in [-0.39, 0.29) is 5.78 Å². The van der Waals surface area contributed by atoms with Gasteiger partial charge in [0.2, 0.25) is 0 Å². The quantitative estimate of drug-likeness (QED) is 0.718. The average Bonchev–Trinajstić information content (AvgIpc) is 2.41. The van der Waals surface area contributed by atoms with Crippen molar-refractivity contribution in [2.45, 2.75) is 26.2 Å². The summed E-state index contributed by atoms with van der Waals surface area (Å²) in [5, 5.41) is 2.35. The highest BCUT2D eigenvalue weighted by Crippen LogP contribution is 2.33. The summed E-state index contributed by atoms with van der Waals surface area (Å²) in [6.07, 6.45) is 2.43. The normalized spacial score (nSPS) is 10.6. The molecule has 0 aliphatic heterocycles. The molecule has 19 heavy (non-hydrogen) atoms. The summed E-state index contributed by atoms with van der Waals surface area (Å²) in [7, 11) is 0. The number of halogens is 1. The highest BCUT2D eigenvalue weighted by atomic mass is 79.9. The Bertz CT molecular complexity index is 578. The van der Waals surface area contributed by atoms with Gasteiger partial charge in [-0.2, -0.15) is 0 Å². The van der Waals surface area contributed by atoms with Gasteiger partial charge in [0, 0.05) is 6.42 Å². The number of rotatable bonds is 6. The third kappa shape index (κ3) is 3.80. The molecule has 0 amide bonds. The summed E-state index contributed by atoms with van der Waals surface area (Å²) < 4.78 is 6.77. The standard InChI is InChI=1S/C16H17BrO2/c1-12(18)6-4-5-11-19-15-10-9-13-7-2-3-8-14(13)16(15)17/h2-3,7-10H,4-6,11H2,1H3. The van der Waals surface area contributed by atoms with Crippen LogP contribution >= 0.6 is 15.9 Å². The van der Waals surface area contributed by atoms with Gasteiger partial charge in [-0.25, -0.2) is 0 Å². The lowest BCUT2D eigenvalue weighted by atomic mass is 10.1. The van der Waals surface area contributed by atoms with Gasteiger partial charge in [0.25, 0.3) is 0 Å². The minimum atomic E-state index is 0.242. The second-order valence-electron chi connectivity index (χ2n) is 4.61. The number of carbonyl (C=O) groups is 1. The smallest absolute Gasteiger partial charge is 0.134 e. The molecule has 0 aromatic heterocycles. The molecular weight excluding hydrogens is 304 g/mol. The van der Waals surface area contributed by atoms with Gasteiger partial charge < -0.3 is 9.53 Å². The summed E-state index contributed by atoms with van der Waals surface area (Å²) in [4.78, 5) is 10.8. The van der Waals surface area contributed by atoms with Crippen LogP contribution in [0.25, 0.3) is 10.8 Å². The Labute approximate surface area is 121 Å². The van der Waals surface area contributed by atoms with E-state index in [0.717, 1.165) is 28.5 Å². The molecule has 0 aliphatic carbocycles. The molecule has 2 aromatic rings. The number of unbranched alkanes of at least 4 members (excludes halogenated alkanes) is 1. The molecule has 0 heterocycles. The monoisotopic (exact) mass is 320 g/mol. The molecule has 2 rings (SSSR count). The van der Waals surface area contributed by atoms with Crippen LogP contribution in [0.15, 0.2) is 40.9 Å². The van der Waals surface area contributed by atoms with Crippen molar-refractivity contribution in [3.63, 3.8) is 0 Å². The molecule has 100 valence electrons. The number of fused-ring (bicyclic) bond motifs is 1. The maximum absolute atomic E-state index is 10.8. The summed E-state index contributed by atoms with van der Waals surface area (Å²) in [5.74, 6) is 1.11. The minimum Gasteiger partial charge on any atom is -0.492 e. The second-order valence-corrected chi connectivity index (χ2v) is 5.40.